The SMILES string of the molecule is CCNC(Cc1cc(Cl)ccc1F)CC(C)C. The van der Waals surface area contributed by atoms with Crippen molar-refractivity contribution >= 4 is 11.6 Å². The van der Waals surface area contributed by atoms with Gasteiger partial charge in [0, 0.05) is 11.1 Å². The van der Waals surface area contributed by atoms with Crippen LogP contribution in [-0.4, -0.2) is 12.6 Å². The first-order chi connectivity index (χ1) is 8.02. The van der Waals surface area contributed by atoms with E-state index in [1.54, 1.807) is 12.1 Å². The summed E-state index contributed by atoms with van der Waals surface area (Å²) in [7, 11) is 0. The Kier molecular flexibility index (Phi) is 5.93. The third-order valence-corrected chi connectivity index (χ3v) is 2.96. The van der Waals surface area contributed by atoms with Crippen LogP contribution in [0.4, 0.5) is 4.39 Å². The minimum absolute atomic E-state index is 0.166. The molecule has 1 N–H and O–H groups in total. The molecule has 17 heavy (non-hydrogen) atoms. The Bertz CT molecular complexity index is 352. The highest BCUT2D eigenvalue weighted by molar-refractivity contribution is 6.30. The zero-order valence-corrected chi connectivity index (χ0v) is 11.5. The van der Waals surface area contributed by atoms with Crippen molar-refractivity contribution in [3.05, 3.63) is 34.6 Å². The van der Waals surface area contributed by atoms with Crippen LogP contribution in [0.5, 0.6) is 0 Å². The summed E-state index contributed by atoms with van der Waals surface area (Å²) in [6.07, 6.45) is 1.73. The highest BCUT2D eigenvalue weighted by Crippen LogP contribution is 2.18. The van der Waals surface area contributed by atoms with E-state index >= 15 is 0 Å². The van der Waals surface area contributed by atoms with Crippen LogP contribution < -0.4 is 5.32 Å². The molecule has 3 heteroatoms. The average molecular weight is 258 g/mol. The van der Waals surface area contributed by atoms with Gasteiger partial charge in [-0.25, -0.2) is 4.39 Å². The molecule has 1 aromatic carbocycles. The van der Waals surface area contributed by atoms with E-state index in [9.17, 15) is 4.39 Å². The Labute approximate surface area is 108 Å². The van der Waals surface area contributed by atoms with Crippen molar-refractivity contribution in [3.8, 4) is 0 Å². The van der Waals surface area contributed by atoms with Crippen LogP contribution in [0.2, 0.25) is 5.02 Å². The fraction of sp³-hybridized carbons (Fsp3) is 0.571. The molecule has 0 saturated heterocycles. The van der Waals surface area contributed by atoms with E-state index in [0.717, 1.165) is 13.0 Å². The molecule has 0 fully saturated rings. The van der Waals surface area contributed by atoms with Gasteiger partial charge in [-0.05, 0) is 49.1 Å². The van der Waals surface area contributed by atoms with E-state index in [4.69, 9.17) is 11.6 Å². The quantitative estimate of drug-likeness (QED) is 0.811. The Morgan fingerprint density at radius 3 is 2.65 bits per heavy atom. The van der Waals surface area contributed by atoms with Crippen molar-refractivity contribution in [3.63, 3.8) is 0 Å². The summed E-state index contributed by atoms with van der Waals surface area (Å²) < 4.78 is 13.6. The van der Waals surface area contributed by atoms with Gasteiger partial charge in [0.05, 0.1) is 0 Å². The molecule has 1 rings (SSSR count). The topological polar surface area (TPSA) is 12.0 Å². The van der Waals surface area contributed by atoms with Crippen LogP contribution in [0.3, 0.4) is 0 Å². The fourth-order valence-electron chi connectivity index (χ4n) is 2.06. The molecule has 0 saturated carbocycles. The maximum atomic E-state index is 13.6. The minimum Gasteiger partial charge on any atom is -0.314 e. The number of nitrogens with one attached hydrogen (secondary N) is 1. The van der Waals surface area contributed by atoms with Gasteiger partial charge in [-0.3, -0.25) is 0 Å². The van der Waals surface area contributed by atoms with Crippen molar-refractivity contribution in [2.45, 2.75) is 39.7 Å². The van der Waals surface area contributed by atoms with Crippen LogP contribution >= 0.6 is 11.6 Å². The van der Waals surface area contributed by atoms with Crippen LogP contribution in [0, 0.1) is 11.7 Å². The van der Waals surface area contributed by atoms with Gasteiger partial charge in [0.15, 0.2) is 0 Å². The summed E-state index contributed by atoms with van der Waals surface area (Å²) in [5.74, 6) is 0.433. The molecule has 0 aliphatic heterocycles. The molecular formula is C14H21ClFN. The highest BCUT2D eigenvalue weighted by atomic mass is 35.5. The van der Waals surface area contributed by atoms with Crippen molar-refractivity contribution < 1.29 is 4.39 Å². The van der Waals surface area contributed by atoms with Crippen LogP contribution in [0.1, 0.15) is 32.8 Å². The van der Waals surface area contributed by atoms with Crippen LogP contribution in [0.15, 0.2) is 18.2 Å². The summed E-state index contributed by atoms with van der Waals surface area (Å²) in [6.45, 7) is 7.33. The monoisotopic (exact) mass is 257 g/mol. The molecule has 0 amide bonds. The molecule has 96 valence electrons. The van der Waals surface area contributed by atoms with Gasteiger partial charge < -0.3 is 5.32 Å². The Morgan fingerprint density at radius 2 is 2.06 bits per heavy atom. The molecule has 0 bridgehead atoms. The molecule has 0 aromatic heterocycles. The zero-order chi connectivity index (χ0) is 12.8. The first-order valence-electron chi connectivity index (χ1n) is 6.20. The molecule has 0 aliphatic rings. The summed E-state index contributed by atoms with van der Waals surface area (Å²) >= 11 is 5.90. The first-order valence-corrected chi connectivity index (χ1v) is 6.58. The van der Waals surface area contributed by atoms with Gasteiger partial charge in [-0.1, -0.05) is 32.4 Å². The summed E-state index contributed by atoms with van der Waals surface area (Å²) in [5, 5.41) is 4.00. The van der Waals surface area contributed by atoms with E-state index in [1.807, 2.05) is 0 Å². The number of likely N-dealkylation sites (N-methyl/N-ethyl adjacent to an activating group) is 1. The number of hydrogen-bond donors (Lipinski definition) is 1. The second-order valence-corrected chi connectivity index (χ2v) is 5.26. The van der Waals surface area contributed by atoms with Gasteiger partial charge in [0.1, 0.15) is 5.82 Å². The highest BCUT2D eigenvalue weighted by Gasteiger charge is 2.13. The fourth-order valence-corrected chi connectivity index (χ4v) is 2.26. The van der Waals surface area contributed by atoms with E-state index in [0.29, 0.717) is 29.0 Å². The largest absolute Gasteiger partial charge is 0.314 e. The lowest BCUT2D eigenvalue weighted by Crippen LogP contribution is -2.32. The van der Waals surface area contributed by atoms with Crippen molar-refractivity contribution in [2.75, 3.05) is 6.54 Å². The summed E-state index contributed by atoms with van der Waals surface area (Å²) in [5.41, 5.74) is 0.698. The lowest BCUT2D eigenvalue weighted by atomic mass is 9.97. The van der Waals surface area contributed by atoms with E-state index in [-0.39, 0.29) is 5.82 Å². The molecule has 0 radical (unpaired) electrons. The summed E-state index contributed by atoms with van der Waals surface area (Å²) in [6, 6.07) is 5.07. The Balaban J connectivity index is 2.74. The minimum atomic E-state index is -0.166. The number of hydrogen-bond acceptors (Lipinski definition) is 1. The predicted molar refractivity (Wildman–Crippen MR) is 72.0 cm³/mol. The van der Waals surface area contributed by atoms with Crippen LogP contribution in [0.25, 0.3) is 0 Å². The average Bonchev–Trinajstić information content (AvgIpc) is 2.23. The molecule has 0 spiro atoms. The molecule has 1 nitrogen and oxygen atoms in total. The normalized spacial score (nSPS) is 13.1. The maximum Gasteiger partial charge on any atom is 0.126 e. The smallest absolute Gasteiger partial charge is 0.126 e. The number of halogens is 2. The van der Waals surface area contributed by atoms with Crippen molar-refractivity contribution in [2.24, 2.45) is 5.92 Å². The van der Waals surface area contributed by atoms with Gasteiger partial charge in [-0.15, -0.1) is 0 Å². The van der Waals surface area contributed by atoms with Crippen molar-refractivity contribution in [1.82, 2.24) is 5.32 Å². The van der Waals surface area contributed by atoms with Gasteiger partial charge in [-0.2, -0.15) is 0 Å². The molecule has 1 aromatic rings. The molecule has 1 atom stereocenters. The van der Waals surface area contributed by atoms with Gasteiger partial charge in [0.25, 0.3) is 0 Å². The Hall–Kier alpha value is -0.600. The summed E-state index contributed by atoms with van der Waals surface area (Å²) in [4.78, 5) is 0. The van der Waals surface area contributed by atoms with Gasteiger partial charge in [0.2, 0.25) is 0 Å². The number of rotatable bonds is 6. The maximum absolute atomic E-state index is 13.6. The molecular weight excluding hydrogens is 237 g/mol. The van der Waals surface area contributed by atoms with Crippen molar-refractivity contribution in [1.29, 1.82) is 0 Å². The standard InChI is InChI=1S/C14H21ClFN/c1-4-17-13(7-10(2)3)9-11-8-12(15)5-6-14(11)16/h5-6,8,10,13,17H,4,7,9H2,1-3H3. The lowest BCUT2D eigenvalue weighted by molar-refractivity contribution is 0.418. The third-order valence-electron chi connectivity index (χ3n) is 2.72. The molecule has 1 unspecified atom stereocenters. The first kappa shape index (κ1) is 14.5. The number of benzene rings is 1. The van der Waals surface area contributed by atoms with Crippen LogP contribution in [-0.2, 0) is 6.42 Å². The predicted octanol–water partition coefficient (Wildman–Crippen LogP) is 4.05. The van der Waals surface area contributed by atoms with E-state index in [1.165, 1.54) is 6.07 Å². The Morgan fingerprint density at radius 1 is 1.35 bits per heavy atom. The third kappa shape index (κ3) is 5.05. The lowest BCUT2D eigenvalue weighted by Gasteiger charge is -2.20. The molecule has 0 heterocycles. The second kappa shape index (κ2) is 6.97. The van der Waals surface area contributed by atoms with E-state index in [2.05, 4.69) is 26.1 Å². The van der Waals surface area contributed by atoms with Gasteiger partial charge >= 0.3 is 0 Å². The second-order valence-electron chi connectivity index (χ2n) is 4.82. The molecule has 0 aliphatic carbocycles. The van der Waals surface area contributed by atoms with E-state index < -0.39 is 0 Å². The zero-order valence-electron chi connectivity index (χ0n) is 10.8.